The van der Waals surface area contributed by atoms with Gasteiger partial charge in [-0.3, -0.25) is 4.99 Å². The average molecular weight is 275 g/mol. The molecule has 3 rings (SSSR count). The minimum Gasteiger partial charge on any atom is -0.497 e. The normalized spacial score (nSPS) is 24.8. The van der Waals surface area contributed by atoms with Crippen LogP contribution in [0.3, 0.4) is 0 Å². The lowest BCUT2D eigenvalue weighted by atomic mass is 9.99. The van der Waals surface area contributed by atoms with Crippen LogP contribution in [0.2, 0.25) is 0 Å². The summed E-state index contributed by atoms with van der Waals surface area (Å²) in [6.07, 6.45) is 1.01. The number of rotatable bonds is 3. The molecule has 0 radical (unpaired) electrons. The molecule has 0 aliphatic carbocycles. The van der Waals surface area contributed by atoms with Gasteiger partial charge in [-0.15, -0.1) is 0 Å². The standard InChI is InChI=1S/C15H21N3O2/c1-10-9-18-13(6-7-16-15(18)17-10)12-5-4-11(19-2)8-14(12)20-3/h4-5,8,10,13H,6-7,9H2,1-3H3,(H,16,17). The summed E-state index contributed by atoms with van der Waals surface area (Å²) < 4.78 is 10.8. The highest BCUT2D eigenvalue weighted by Crippen LogP contribution is 2.37. The molecular formula is C15H21N3O2. The summed E-state index contributed by atoms with van der Waals surface area (Å²) in [5, 5.41) is 3.43. The molecule has 1 N–H and O–H groups in total. The number of guanidine groups is 1. The highest BCUT2D eigenvalue weighted by molar-refractivity contribution is 5.83. The van der Waals surface area contributed by atoms with Crippen LogP contribution in [0.5, 0.6) is 11.5 Å². The van der Waals surface area contributed by atoms with Gasteiger partial charge in [-0.25, -0.2) is 0 Å². The summed E-state index contributed by atoms with van der Waals surface area (Å²) in [5.41, 5.74) is 1.21. The van der Waals surface area contributed by atoms with Crippen molar-refractivity contribution in [2.24, 2.45) is 4.99 Å². The third-order valence-electron chi connectivity index (χ3n) is 3.96. The van der Waals surface area contributed by atoms with Crippen molar-refractivity contribution in [3.63, 3.8) is 0 Å². The average Bonchev–Trinajstić information content (AvgIpc) is 2.86. The Morgan fingerprint density at radius 1 is 1.30 bits per heavy atom. The molecule has 0 saturated carbocycles. The number of fused-ring (bicyclic) bond motifs is 1. The number of hydrogen-bond acceptors (Lipinski definition) is 5. The van der Waals surface area contributed by atoms with Crippen LogP contribution in [0.1, 0.15) is 24.9 Å². The number of methoxy groups -OCH3 is 2. The van der Waals surface area contributed by atoms with Crippen LogP contribution in [0, 0.1) is 0 Å². The number of hydrogen-bond donors (Lipinski definition) is 1. The molecule has 5 heteroatoms. The van der Waals surface area contributed by atoms with Crippen LogP contribution >= 0.6 is 0 Å². The number of nitrogens with one attached hydrogen (secondary N) is 1. The number of benzene rings is 1. The molecular weight excluding hydrogens is 254 g/mol. The Labute approximate surface area is 119 Å². The Morgan fingerprint density at radius 3 is 2.90 bits per heavy atom. The molecule has 2 unspecified atom stereocenters. The summed E-state index contributed by atoms with van der Waals surface area (Å²) in [6.45, 7) is 4.02. The van der Waals surface area contributed by atoms with Crippen LogP contribution in [-0.4, -0.2) is 44.2 Å². The number of nitrogens with zero attached hydrogens (tertiary/aromatic N) is 2. The van der Waals surface area contributed by atoms with Crippen LogP contribution in [0.15, 0.2) is 23.2 Å². The maximum atomic E-state index is 5.55. The summed E-state index contributed by atoms with van der Waals surface area (Å²) in [6, 6.07) is 6.82. The minimum absolute atomic E-state index is 0.320. The Kier molecular flexibility index (Phi) is 3.42. The molecule has 0 amide bonds. The summed E-state index contributed by atoms with van der Waals surface area (Å²) in [4.78, 5) is 6.92. The molecule has 5 nitrogen and oxygen atoms in total. The van der Waals surface area contributed by atoms with Crippen molar-refractivity contribution in [1.82, 2.24) is 10.2 Å². The van der Waals surface area contributed by atoms with Crippen LogP contribution in [0.4, 0.5) is 0 Å². The van der Waals surface area contributed by atoms with E-state index in [-0.39, 0.29) is 0 Å². The number of aliphatic imine (C=N–C) groups is 1. The van der Waals surface area contributed by atoms with Gasteiger partial charge in [0.05, 0.1) is 20.3 Å². The van der Waals surface area contributed by atoms with E-state index in [9.17, 15) is 0 Å². The fraction of sp³-hybridized carbons (Fsp3) is 0.533. The monoisotopic (exact) mass is 275 g/mol. The fourth-order valence-corrected chi connectivity index (χ4v) is 3.01. The van der Waals surface area contributed by atoms with Gasteiger partial charge in [-0.05, 0) is 25.5 Å². The zero-order chi connectivity index (χ0) is 14.1. The lowest BCUT2D eigenvalue weighted by Gasteiger charge is -2.33. The third kappa shape index (κ3) is 2.17. The molecule has 1 aromatic carbocycles. The van der Waals surface area contributed by atoms with Crippen molar-refractivity contribution in [2.45, 2.75) is 25.4 Å². The largest absolute Gasteiger partial charge is 0.497 e. The maximum absolute atomic E-state index is 5.55. The molecule has 1 aromatic rings. The molecule has 1 saturated heterocycles. The maximum Gasteiger partial charge on any atom is 0.194 e. The van der Waals surface area contributed by atoms with E-state index in [0.29, 0.717) is 12.1 Å². The summed E-state index contributed by atoms with van der Waals surface area (Å²) in [7, 11) is 3.38. The van der Waals surface area contributed by atoms with Gasteiger partial charge in [0, 0.05) is 30.8 Å². The molecule has 1 fully saturated rings. The predicted molar refractivity (Wildman–Crippen MR) is 78.5 cm³/mol. The molecule has 0 aromatic heterocycles. The van der Waals surface area contributed by atoms with E-state index >= 15 is 0 Å². The van der Waals surface area contributed by atoms with Gasteiger partial charge in [0.25, 0.3) is 0 Å². The van der Waals surface area contributed by atoms with E-state index < -0.39 is 0 Å². The van der Waals surface area contributed by atoms with Crippen molar-refractivity contribution in [3.8, 4) is 11.5 Å². The van der Waals surface area contributed by atoms with Crippen LogP contribution in [0.25, 0.3) is 0 Å². The zero-order valence-corrected chi connectivity index (χ0v) is 12.2. The predicted octanol–water partition coefficient (Wildman–Crippen LogP) is 1.80. The summed E-state index contributed by atoms with van der Waals surface area (Å²) >= 11 is 0. The SMILES string of the molecule is COc1ccc(C2CCN=C3NC(C)CN32)c(OC)c1. The highest BCUT2D eigenvalue weighted by Gasteiger charge is 2.34. The molecule has 2 atom stereocenters. The first-order valence-corrected chi connectivity index (χ1v) is 7.02. The van der Waals surface area contributed by atoms with Gasteiger partial charge < -0.3 is 19.7 Å². The first kappa shape index (κ1) is 13.1. The van der Waals surface area contributed by atoms with E-state index in [1.54, 1.807) is 14.2 Å². The second-order valence-corrected chi connectivity index (χ2v) is 5.32. The van der Waals surface area contributed by atoms with Crippen molar-refractivity contribution in [3.05, 3.63) is 23.8 Å². The summed E-state index contributed by atoms with van der Waals surface area (Å²) in [5.74, 6) is 2.73. The van der Waals surface area contributed by atoms with Crippen molar-refractivity contribution >= 4 is 5.96 Å². The van der Waals surface area contributed by atoms with Gasteiger partial charge in [0.1, 0.15) is 11.5 Å². The second-order valence-electron chi connectivity index (χ2n) is 5.32. The molecule has 2 aliphatic heterocycles. The van der Waals surface area contributed by atoms with Crippen molar-refractivity contribution in [1.29, 1.82) is 0 Å². The number of ether oxygens (including phenoxy) is 2. The van der Waals surface area contributed by atoms with Crippen LogP contribution in [-0.2, 0) is 0 Å². The van der Waals surface area contributed by atoms with Gasteiger partial charge >= 0.3 is 0 Å². The van der Waals surface area contributed by atoms with Gasteiger partial charge in [0.2, 0.25) is 0 Å². The van der Waals surface area contributed by atoms with Crippen molar-refractivity contribution < 1.29 is 9.47 Å². The van der Waals surface area contributed by atoms with Gasteiger partial charge in [-0.2, -0.15) is 0 Å². The van der Waals surface area contributed by atoms with E-state index in [4.69, 9.17) is 9.47 Å². The molecule has 108 valence electrons. The lowest BCUT2D eigenvalue weighted by Crippen LogP contribution is -2.37. The van der Waals surface area contributed by atoms with E-state index in [2.05, 4.69) is 28.2 Å². The molecule has 0 bridgehead atoms. The molecule has 2 heterocycles. The molecule has 0 spiro atoms. The third-order valence-corrected chi connectivity index (χ3v) is 3.96. The zero-order valence-electron chi connectivity index (χ0n) is 12.2. The smallest absolute Gasteiger partial charge is 0.194 e. The second kappa shape index (κ2) is 5.23. The quantitative estimate of drug-likeness (QED) is 0.913. The minimum atomic E-state index is 0.320. The Balaban J connectivity index is 1.94. The lowest BCUT2D eigenvalue weighted by molar-refractivity contribution is 0.293. The van der Waals surface area contributed by atoms with Crippen molar-refractivity contribution in [2.75, 3.05) is 27.3 Å². The van der Waals surface area contributed by atoms with E-state index in [1.165, 1.54) is 5.56 Å². The fourth-order valence-electron chi connectivity index (χ4n) is 3.01. The molecule has 2 aliphatic rings. The van der Waals surface area contributed by atoms with E-state index in [1.807, 2.05) is 12.1 Å². The Bertz CT molecular complexity index is 530. The van der Waals surface area contributed by atoms with Gasteiger partial charge in [-0.1, -0.05) is 0 Å². The Morgan fingerprint density at radius 2 is 2.15 bits per heavy atom. The highest BCUT2D eigenvalue weighted by atomic mass is 16.5. The topological polar surface area (TPSA) is 46.1 Å². The Hall–Kier alpha value is -1.91. The molecule has 20 heavy (non-hydrogen) atoms. The first-order valence-electron chi connectivity index (χ1n) is 7.02. The van der Waals surface area contributed by atoms with Gasteiger partial charge in [0.15, 0.2) is 5.96 Å². The van der Waals surface area contributed by atoms with E-state index in [0.717, 1.165) is 37.0 Å². The van der Waals surface area contributed by atoms with Crippen LogP contribution < -0.4 is 14.8 Å². The first-order chi connectivity index (χ1) is 9.72.